The van der Waals surface area contributed by atoms with Crippen molar-refractivity contribution in [3.63, 3.8) is 0 Å². The van der Waals surface area contributed by atoms with E-state index in [9.17, 15) is 0 Å². The minimum absolute atomic E-state index is 0.0792. The van der Waals surface area contributed by atoms with Crippen molar-refractivity contribution in [2.75, 3.05) is 9.80 Å². The molecule has 3 aliphatic carbocycles. The number of para-hydroxylation sites is 2. The maximum Gasteiger partial charge on any atom is 0.165 e. The second-order valence-electron chi connectivity index (χ2n) is 16.5. The third kappa shape index (κ3) is 6.65. The van der Waals surface area contributed by atoms with Crippen LogP contribution in [-0.4, -0.2) is 37.0 Å². The van der Waals surface area contributed by atoms with Crippen LogP contribution in [0.15, 0.2) is 194 Å². The Morgan fingerprint density at radius 1 is 0.694 bits per heavy atom. The van der Waals surface area contributed by atoms with Crippen LogP contribution >= 0.6 is 0 Å². The third-order valence-electron chi connectivity index (χ3n) is 12.9. The summed E-state index contributed by atoms with van der Waals surface area (Å²) in [5.41, 5.74) is 13.4. The van der Waals surface area contributed by atoms with Gasteiger partial charge < -0.3 is 9.80 Å². The van der Waals surface area contributed by atoms with E-state index in [-0.39, 0.29) is 18.0 Å². The number of nitrogens with zero attached hydrogens (tertiary/aromatic N) is 7. The number of rotatable bonds is 9. The predicted molar refractivity (Wildman–Crippen MR) is 251 cm³/mol. The third-order valence-corrected chi connectivity index (χ3v) is 12.9. The average molecular weight is 806 g/mol. The number of pyridine rings is 2. The van der Waals surface area contributed by atoms with E-state index in [1.165, 1.54) is 28.1 Å². The van der Waals surface area contributed by atoms with Crippen molar-refractivity contribution in [1.29, 1.82) is 0 Å². The van der Waals surface area contributed by atoms with Gasteiger partial charge in [0.25, 0.3) is 0 Å². The first-order chi connectivity index (χ1) is 30.7. The molecule has 7 nitrogen and oxygen atoms in total. The molecule has 0 spiro atoms. The van der Waals surface area contributed by atoms with E-state index in [0.29, 0.717) is 29.8 Å². The maximum absolute atomic E-state index is 5.63. The van der Waals surface area contributed by atoms with Crippen LogP contribution in [0.2, 0.25) is 0 Å². The lowest BCUT2D eigenvalue weighted by Gasteiger charge is -2.37. The van der Waals surface area contributed by atoms with Crippen LogP contribution in [0.1, 0.15) is 78.6 Å². The molecular weight excluding hydrogens is 759 g/mol. The zero-order chi connectivity index (χ0) is 41.4. The van der Waals surface area contributed by atoms with Crippen molar-refractivity contribution in [2.45, 2.75) is 62.9 Å². The van der Waals surface area contributed by atoms with E-state index in [0.717, 1.165) is 65.2 Å². The molecule has 3 aromatic carbocycles. The van der Waals surface area contributed by atoms with Gasteiger partial charge in [-0.05, 0) is 80.1 Å². The normalized spacial score (nSPS) is 21.4. The summed E-state index contributed by atoms with van der Waals surface area (Å²) in [6.07, 6.45) is 28.6. The maximum atomic E-state index is 5.63. The minimum atomic E-state index is 0.0792. The number of benzene rings is 3. The zero-order valence-electron chi connectivity index (χ0n) is 34.8. The van der Waals surface area contributed by atoms with Gasteiger partial charge in [0.1, 0.15) is 0 Å². The van der Waals surface area contributed by atoms with Crippen molar-refractivity contribution in [3.8, 4) is 11.4 Å². The van der Waals surface area contributed by atoms with Gasteiger partial charge in [-0.3, -0.25) is 9.97 Å². The number of hydrogen-bond acceptors (Lipinski definition) is 7. The molecule has 5 heterocycles. The molecule has 3 aromatic heterocycles. The molecule has 0 radical (unpaired) electrons. The van der Waals surface area contributed by atoms with E-state index in [1.807, 2.05) is 30.6 Å². The second kappa shape index (κ2) is 16.3. The Kier molecular flexibility index (Phi) is 9.93. The summed E-state index contributed by atoms with van der Waals surface area (Å²) in [6, 6.07) is 40.8. The first-order valence-electron chi connectivity index (χ1n) is 22.0. The van der Waals surface area contributed by atoms with Crippen molar-refractivity contribution < 1.29 is 0 Å². The largest absolute Gasteiger partial charge is 0.336 e. The quantitative estimate of drug-likeness (QED) is 0.106. The summed E-state index contributed by atoms with van der Waals surface area (Å²) in [7, 11) is 0. The smallest absolute Gasteiger partial charge is 0.165 e. The predicted octanol–water partition coefficient (Wildman–Crippen LogP) is 11.9. The highest BCUT2D eigenvalue weighted by Crippen LogP contribution is 2.52. The molecule has 11 rings (SSSR count). The van der Waals surface area contributed by atoms with E-state index in [1.54, 1.807) is 0 Å². The highest BCUT2D eigenvalue weighted by molar-refractivity contribution is 5.95. The van der Waals surface area contributed by atoms with Crippen LogP contribution in [0.3, 0.4) is 0 Å². The molecule has 6 aromatic rings. The average Bonchev–Trinajstić information content (AvgIpc) is 3.86. The van der Waals surface area contributed by atoms with Crippen LogP contribution in [-0.2, 0) is 6.42 Å². The lowest BCUT2D eigenvalue weighted by molar-refractivity contribution is 0.556. The molecule has 5 aliphatic rings. The molecule has 302 valence electrons. The molecule has 0 fully saturated rings. The number of hydrogen-bond donors (Lipinski definition) is 0. The molecule has 4 atom stereocenters. The first-order valence-corrected chi connectivity index (χ1v) is 22.0. The van der Waals surface area contributed by atoms with Gasteiger partial charge in [0.15, 0.2) is 17.5 Å². The van der Waals surface area contributed by atoms with E-state index >= 15 is 0 Å². The number of anilines is 2. The molecule has 4 unspecified atom stereocenters. The van der Waals surface area contributed by atoms with Gasteiger partial charge in [0.2, 0.25) is 0 Å². The lowest BCUT2D eigenvalue weighted by atomic mass is 9.86. The summed E-state index contributed by atoms with van der Waals surface area (Å²) in [4.78, 5) is 31.5. The van der Waals surface area contributed by atoms with Gasteiger partial charge >= 0.3 is 0 Å². The fourth-order valence-electron chi connectivity index (χ4n) is 10.3. The molecule has 0 bridgehead atoms. The van der Waals surface area contributed by atoms with E-state index in [2.05, 4.69) is 168 Å². The first kappa shape index (κ1) is 37.7. The lowest BCUT2D eigenvalue weighted by Crippen LogP contribution is -2.36. The highest BCUT2D eigenvalue weighted by Gasteiger charge is 2.43. The Morgan fingerprint density at radius 3 is 2.24 bits per heavy atom. The van der Waals surface area contributed by atoms with Crippen molar-refractivity contribution in [2.24, 2.45) is 0 Å². The Bertz CT molecular complexity index is 2870. The summed E-state index contributed by atoms with van der Waals surface area (Å²) in [5, 5.41) is 0. The van der Waals surface area contributed by atoms with Crippen LogP contribution < -0.4 is 9.80 Å². The fourth-order valence-corrected chi connectivity index (χ4v) is 10.3. The Hall–Kier alpha value is -7.25. The Morgan fingerprint density at radius 2 is 1.44 bits per heavy atom. The highest BCUT2D eigenvalue weighted by atomic mass is 15.2. The molecule has 2 aliphatic heterocycles. The topological polar surface area (TPSA) is 70.9 Å². The Labute approximate surface area is 363 Å². The summed E-state index contributed by atoms with van der Waals surface area (Å²) in [5.74, 6) is 2.42. The van der Waals surface area contributed by atoms with Crippen LogP contribution in [0.25, 0.3) is 28.1 Å². The SMILES string of the molecule is C/C=C\C(=C(/Cc1ccccn1)N1c2ccccc2C2C=CC=CC21)c1nc(C2=CCCC(c3ccccn3)=C2N2c3ccccc3C3C=CCCC32)nc(-c2ccccc2)n1. The number of fused-ring (bicyclic) bond motifs is 6. The van der Waals surface area contributed by atoms with E-state index < -0.39 is 0 Å². The van der Waals surface area contributed by atoms with Gasteiger partial charge in [-0.15, -0.1) is 0 Å². The summed E-state index contributed by atoms with van der Waals surface area (Å²) >= 11 is 0. The van der Waals surface area contributed by atoms with Crippen LogP contribution in [0.4, 0.5) is 11.4 Å². The van der Waals surface area contributed by atoms with E-state index in [4.69, 9.17) is 24.9 Å². The van der Waals surface area contributed by atoms with Crippen LogP contribution in [0.5, 0.6) is 0 Å². The van der Waals surface area contributed by atoms with Crippen molar-refractivity contribution >= 4 is 28.1 Å². The molecular formula is C55H47N7. The number of allylic oxidation sites excluding steroid dienone is 10. The minimum Gasteiger partial charge on any atom is -0.336 e. The summed E-state index contributed by atoms with van der Waals surface area (Å²) < 4.78 is 0. The standard InChI is InChI=1S/C55H47N7/c1-2-19-44(51(36-38-22-14-16-34-56-38)61-47-30-10-6-23-39(47)40-24-7-11-31-48(40)61)54-58-53(37-20-4-3-5-21-37)59-55(60-54)45-28-18-27-43(46-29-15-17-35-57-46)52(45)62-49-32-12-8-25-41(49)42-26-9-13-33-50(42)62/h2-12,14-17,19-26,28-32,34-35,39,42,47,50H,13,18,27,33,36H2,1H3/b19-2-,51-44-. The number of aromatic nitrogens is 5. The second-order valence-corrected chi connectivity index (χ2v) is 16.5. The van der Waals surface area contributed by atoms with Gasteiger partial charge in [0, 0.05) is 81.7 Å². The molecule has 62 heavy (non-hydrogen) atoms. The summed E-state index contributed by atoms with van der Waals surface area (Å²) in [6.45, 7) is 2.08. The van der Waals surface area contributed by atoms with Gasteiger partial charge in [-0.2, -0.15) is 0 Å². The molecule has 0 saturated carbocycles. The van der Waals surface area contributed by atoms with Gasteiger partial charge in [0.05, 0.1) is 17.4 Å². The molecule has 7 heteroatoms. The monoisotopic (exact) mass is 805 g/mol. The zero-order valence-corrected chi connectivity index (χ0v) is 34.8. The Balaban J connectivity index is 1.17. The van der Waals surface area contributed by atoms with Crippen molar-refractivity contribution in [3.05, 3.63) is 228 Å². The van der Waals surface area contributed by atoms with Crippen molar-refractivity contribution in [1.82, 2.24) is 24.9 Å². The molecule has 0 N–H and O–H groups in total. The molecule has 0 saturated heterocycles. The van der Waals surface area contributed by atoms with Gasteiger partial charge in [-0.25, -0.2) is 15.0 Å². The van der Waals surface area contributed by atoms with Gasteiger partial charge in [-0.1, -0.05) is 134 Å². The fraction of sp³-hybridized carbons (Fsp3) is 0.182. The molecule has 0 amide bonds. The van der Waals surface area contributed by atoms with Crippen LogP contribution in [0, 0.1) is 0 Å².